The normalized spacial score (nSPS) is 12.5. The Morgan fingerprint density at radius 2 is 1.93 bits per heavy atom. The van der Waals surface area contributed by atoms with Gasteiger partial charge in [0, 0.05) is 7.05 Å². The molecular weight excluding hydrogens is 244 g/mol. The summed E-state index contributed by atoms with van der Waals surface area (Å²) in [7, 11) is 1.72. The van der Waals surface area contributed by atoms with Crippen molar-refractivity contribution in [2.45, 2.75) is 24.1 Å². The maximum absolute atomic E-state index is 5.82. The highest BCUT2D eigenvalue weighted by atomic mass is 35.6. The Morgan fingerprint density at radius 3 is 2.36 bits per heavy atom. The van der Waals surface area contributed by atoms with Crippen LogP contribution in [0.25, 0.3) is 0 Å². The molecule has 0 fully saturated rings. The van der Waals surface area contributed by atoms with E-state index in [0.717, 1.165) is 12.1 Å². The van der Waals surface area contributed by atoms with Gasteiger partial charge in [0.05, 0.1) is 5.69 Å². The Kier molecular flexibility index (Phi) is 3.67. The lowest BCUT2D eigenvalue weighted by Gasteiger charge is -2.13. The summed E-state index contributed by atoms with van der Waals surface area (Å²) in [6.45, 7) is 4.16. The van der Waals surface area contributed by atoms with E-state index in [1.807, 2.05) is 0 Å². The number of hydrogen-bond acceptors (Lipinski definition) is 2. The minimum atomic E-state index is -1.46. The van der Waals surface area contributed by atoms with Gasteiger partial charge in [0.2, 0.25) is 3.79 Å². The van der Waals surface area contributed by atoms with Crippen molar-refractivity contribution in [2.24, 2.45) is 13.0 Å². The first-order chi connectivity index (χ1) is 6.32. The monoisotopic (exact) mass is 255 g/mol. The first-order valence-electron chi connectivity index (χ1n) is 4.28. The molecule has 0 aliphatic rings. The highest BCUT2D eigenvalue weighted by Crippen LogP contribution is 2.39. The predicted octanol–water partition coefficient (Wildman–Crippen LogP) is 2.84. The molecule has 0 saturated carbocycles. The summed E-state index contributed by atoms with van der Waals surface area (Å²) in [4.78, 5) is 0. The van der Waals surface area contributed by atoms with Crippen molar-refractivity contribution in [3.05, 3.63) is 11.4 Å². The number of nitrogens with zero attached hydrogens (tertiary/aromatic N) is 3. The third-order valence-corrected chi connectivity index (χ3v) is 2.30. The van der Waals surface area contributed by atoms with Gasteiger partial charge in [-0.3, -0.25) is 0 Å². The number of rotatable bonds is 2. The molecule has 0 N–H and O–H groups in total. The highest BCUT2D eigenvalue weighted by Gasteiger charge is 2.31. The minimum Gasteiger partial charge on any atom is -0.248 e. The van der Waals surface area contributed by atoms with E-state index in [9.17, 15) is 0 Å². The Bertz CT molecular complexity index is 314. The molecular formula is C8H12Cl3N3. The molecule has 0 bridgehead atoms. The Balaban J connectivity index is 3.07. The Morgan fingerprint density at radius 1 is 1.36 bits per heavy atom. The summed E-state index contributed by atoms with van der Waals surface area (Å²) in [6.07, 6.45) is 0.761. The molecule has 1 aromatic rings. The largest absolute Gasteiger partial charge is 0.248 e. The fourth-order valence-corrected chi connectivity index (χ4v) is 1.97. The second-order valence-electron chi connectivity index (χ2n) is 3.60. The zero-order valence-electron chi connectivity index (χ0n) is 8.26. The highest BCUT2D eigenvalue weighted by molar-refractivity contribution is 6.66. The molecule has 1 rings (SSSR count). The second-order valence-corrected chi connectivity index (χ2v) is 5.89. The van der Waals surface area contributed by atoms with E-state index in [1.54, 1.807) is 7.05 Å². The van der Waals surface area contributed by atoms with Gasteiger partial charge in [0.25, 0.3) is 0 Å². The molecule has 14 heavy (non-hydrogen) atoms. The summed E-state index contributed by atoms with van der Waals surface area (Å²) in [6, 6.07) is 0. The molecule has 0 saturated heterocycles. The van der Waals surface area contributed by atoms with Gasteiger partial charge in [0.1, 0.15) is 5.69 Å². The average molecular weight is 257 g/mol. The summed E-state index contributed by atoms with van der Waals surface area (Å²) >= 11 is 17.5. The van der Waals surface area contributed by atoms with Gasteiger partial charge >= 0.3 is 0 Å². The lowest BCUT2D eigenvalue weighted by atomic mass is 10.1. The van der Waals surface area contributed by atoms with Gasteiger partial charge in [-0.2, -0.15) is 0 Å². The maximum atomic E-state index is 5.82. The molecule has 0 aromatic carbocycles. The van der Waals surface area contributed by atoms with E-state index < -0.39 is 3.79 Å². The molecule has 80 valence electrons. The number of aromatic nitrogens is 3. The maximum Gasteiger partial charge on any atom is 0.234 e. The van der Waals surface area contributed by atoms with Crippen LogP contribution in [0.4, 0.5) is 0 Å². The topological polar surface area (TPSA) is 30.7 Å². The van der Waals surface area contributed by atoms with Crippen molar-refractivity contribution in [1.82, 2.24) is 15.0 Å². The lowest BCUT2D eigenvalue weighted by molar-refractivity contribution is 0.630. The number of hydrogen-bond donors (Lipinski definition) is 0. The Hall–Kier alpha value is 0.01000. The van der Waals surface area contributed by atoms with Gasteiger partial charge in [-0.25, -0.2) is 4.68 Å². The fraction of sp³-hybridized carbons (Fsp3) is 0.750. The molecule has 0 radical (unpaired) electrons. The molecule has 0 spiro atoms. The van der Waals surface area contributed by atoms with Crippen molar-refractivity contribution < 1.29 is 0 Å². The predicted molar refractivity (Wildman–Crippen MR) is 58.8 cm³/mol. The third kappa shape index (κ3) is 2.75. The van der Waals surface area contributed by atoms with Crippen LogP contribution in [0.1, 0.15) is 25.2 Å². The van der Waals surface area contributed by atoms with Crippen LogP contribution in [0, 0.1) is 5.92 Å². The van der Waals surface area contributed by atoms with Crippen LogP contribution in [0.2, 0.25) is 0 Å². The van der Waals surface area contributed by atoms with E-state index in [4.69, 9.17) is 34.8 Å². The first-order valence-corrected chi connectivity index (χ1v) is 5.41. The summed E-state index contributed by atoms with van der Waals surface area (Å²) in [5, 5.41) is 7.83. The number of alkyl halides is 3. The minimum absolute atomic E-state index is 0.456. The van der Waals surface area contributed by atoms with Crippen molar-refractivity contribution >= 4 is 34.8 Å². The smallest absolute Gasteiger partial charge is 0.234 e. The zero-order chi connectivity index (χ0) is 10.9. The molecule has 0 aliphatic heterocycles. The van der Waals surface area contributed by atoms with E-state index in [2.05, 4.69) is 24.2 Å². The van der Waals surface area contributed by atoms with Crippen LogP contribution in [0.3, 0.4) is 0 Å². The fourth-order valence-electron chi connectivity index (χ4n) is 1.27. The summed E-state index contributed by atoms with van der Waals surface area (Å²) in [5.74, 6) is 0.456. The standard InChI is InChI=1S/C8H12Cl3N3/c1-5(2)4-6-7(8(9,10)11)14(3)13-12-6/h5H,4H2,1-3H3. The van der Waals surface area contributed by atoms with Gasteiger partial charge in [0.15, 0.2) is 0 Å². The van der Waals surface area contributed by atoms with Crippen LogP contribution in [0.15, 0.2) is 0 Å². The van der Waals surface area contributed by atoms with Gasteiger partial charge in [-0.1, -0.05) is 53.9 Å². The van der Waals surface area contributed by atoms with Gasteiger partial charge in [-0.05, 0) is 12.3 Å². The number of halogens is 3. The summed E-state index contributed by atoms with van der Waals surface area (Å²) < 4.78 is 0.0488. The Labute approximate surface area is 98.3 Å². The van der Waals surface area contributed by atoms with Gasteiger partial charge in [-0.15, -0.1) is 5.10 Å². The van der Waals surface area contributed by atoms with Crippen molar-refractivity contribution in [2.75, 3.05) is 0 Å². The molecule has 3 nitrogen and oxygen atoms in total. The quantitative estimate of drug-likeness (QED) is 0.762. The van der Waals surface area contributed by atoms with E-state index >= 15 is 0 Å². The first kappa shape index (κ1) is 12.1. The number of aryl methyl sites for hydroxylation is 1. The van der Waals surface area contributed by atoms with E-state index in [1.165, 1.54) is 4.68 Å². The van der Waals surface area contributed by atoms with Crippen molar-refractivity contribution in [3.8, 4) is 0 Å². The summed E-state index contributed by atoms with van der Waals surface area (Å²) in [5.41, 5.74) is 1.30. The van der Waals surface area contributed by atoms with Gasteiger partial charge < -0.3 is 0 Å². The second kappa shape index (κ2) is 4.25. The molecule has 0 unspecified atom stereocenters. The van der Waals surface area contributed by atoms with E-state index in [0.29, 0.717) is 11.6 Å². The molecule has 0 aliphatic carbocycles. The van der Waals surface area contributed by atoms with Crippen LogP contribution in [-0.4, -0.2) is 15.0 Å². The average Bonchev–Trinajstić information content (AvgIpc) is 2.28. The van der Waals surface area contributed by atoms with E-state index in [-0.39, 0.29) is 0 Å². The third-order valence-electron chi connectivity index (χ3n) is 1.77. The van der Waals surface area contributed by atoms with Crippen LogP contribution in [-0.2, 0) is 17.3 Å². The lowest BCUT2D eigenvalue weighted by Crippen LogP contribution is -2.12. The van der Waals surface area contributed by atoms with Crippen LogP contribution in [0.5, 0.6) is 0 Å². The van der Waals surface area contributed by atoms with Crippen molar-refractivity contribution in [1.29, 1.82) is 0 Å². The molecule has 1 heterocycles. The van der Waals surface area contributed by atoms with Crippen LogP contribution >= 0.6 is 34.8 Å². The zero-order valence-corrected chi connectivity index (χ0v) is 10.5. The molecule has 0 atom stereocenters. The molecule has 0 amide bonds. The SMILES string of the molecule is CC(C)Cc1nnn(C)c1C(Cl)(Cl)Cl. The molecule has 1 aromatic heterocycles. The van der Waals surface area contributed by atoms with Crippen molar-refractivity contribution in [3.63, 3.8) is 0 Å². The van der Waals surface area contributed by atoms with Crippen LogP contribution < -0.4 is 0 Å². The molecule has 6 heteroatoms.